The van der Waals surface area contributed by atoms with Gasteiger partial charge in [0.15, 0.2) is 0 Å². The maximum atomic E-state index is 11.3. The van der Waals surface area contributed by atoms with E-state index in [4.69, 9.17) is 4.42 Å². The molecule has 1 aliphatic heterocycles. The molecule has 0 bridgehead atoms. The minimum Gasteiger partial charge on any atom is -0.444 e. The summed E-state index contributed by atoms with van der Waals surface area (Å²) >= 11 is 0. The summed E-state index contributed by atoms with van der Waals surface area (Å²) in [7, 11) is 0. The SMILES string of the molecule is Cc1cnc(C(C)NC2CC(=O)NC2=O)o1. The fourth-order valence-corrected chi connectivity index (χ4v) is 1.63. The van der Waals surface area contributed by atoms with Crippen molar-refractivity contribution in [2.75, 3.05) is 0 Å². The number of amides is 2. The van der Waals surface area contributed by atoms with Crippen molar-refractivity contribution in [3.05, 3.63) is 17.8 Å². The van der Waals surface area contributed by atoms with Gasteiger partial charge in [0.05, 0.1) is 24.7 Å². The van der Waals surface area contributed by atoms with E-state index in [0.29, 0.717) is 5.89 Å². The molecule has 1 aliphatic rings. The first kappa shape index (κ1) is 10.8. The fraction of sp³-hybridized carbons (Fsp3) is 0.500. The summed E-state index contributed by atoms with van der Waals surface area (Å²) in [6.07, 6.45) is 1.79. The minimum absolute atomic E-state index is 0.170. The number of aromatic nitrogens is 1. The molecule has 0 spiro atoms. The maximum Gasteiger partial charge on any atom is 0.244 e. The van der Waals surface area contributed by atoms with Crippen molar-refractivity contribution in [1.29, 1.82) is 0 Å². The van der Waals surface area contributed by atoms with Crippen LogP contribution in [0.5, 0.6) is 0 Å². The third-order valence-electron chi connectivity index (χ3n) is 2.43. The van der Waals surface area contributed by atoms with Crippen LogP contribution in [0, 0.1) is 6.92 Å². The van der Waals surface area contributed by atoms with Crippen LogP contribution in [0.25, 0.3) is 0 Å². The van der Waals surface area contributed by atoms with Crippen LogP contribution in [-0.2, 0) is 9.59 Å². The average molecular weight is 223 g/mol. The highest BCUT2D eigenvalue weighted by Gasteiger charge is 2.32. The molecule has 2 rings (SSSR count). The first-order valence-electron chi connectivity index (χ1n) is 5.08. The van der Waals surface area contributed by atoms with E-state index < -0.39 is 6.04 Å². The number of carbonyl (C=O) groups excluding carboxylic acids is 2. The Morgan fingerprint density at radius 1 is 1.62 bits per heavy atom. The third-order valence-corrected chi connectivity index (χ3v) is 2.43. The zero-order valence-electron chi connectivity index (χ0n) is 9.11. The van der Waals surface area contributed by atoms with E-state index in [9.17, 15) is 9.59 Å². The second-order valence-corrected chi connectivity index (χ2v) is 3.87. The zero-order chi connectivity index (χ0) is 11.7. The predicted molar refractivity (Wildman–Crippen MR) is 54.3 cm³/mol. The number of hydrogen-bond donors (Lipinski definition) is 2. The van der Waals surface area contributed by atoms with Crippen molar-refractivity contribution in [3.8, 4) is 0 Å². The Labute approximate surface area is 92.4 Å². The highest BCUT2D eigenvalue weighted by Crippen LogP contribution is 2.14. The monoisotopic (exact) mass is 223 g/mol. The van der Waals surface area contributed by atoms with Crippen molar-refractivity contribution in [3.63, 3.8) is 0 Å². The predicted octanol–water partition coefficient (Wildman–Crippen LogP) is 0.0487. The van der Waals surface area contributed by atoms with Gasteiger partial charge in [-0.1, -0.05) is 0 Å². The van der Waals surface area contributed by atoms with Gasteiger partial charge in [0.1, 0.15) is 5.76 Å². The Hall–Kier alpha value is -1.69. The van der Waals surface area contributed by atoms with E-state index in [1.54, 1.807) is 13.1 Å². The number of hydrogen-bond acceptors (Lipinski definition) is 5. The van der Waals surface area contributed by atoms with Crippen LogP contribution < -0.4 is 10.6 Å². The number of aryl methyl sites for hydroxylation is 1. The summed E-state index contributed by atoms with van der Waals surface area (Å²) in [6.45, 7) is 3.64. The summed E-state index contributed by atoms with van der Waals surface area (Å²) in [6, 6.07) is -0.690. The highest BCUT2D eigenvalue weighted by molar-refractivity contribution is 6.05. The lowest BCUT2D eigenvalue weighted by atomic mass is 10.2. The topological polar surface area (TPSA) is 84.2 Å². The Kier molecular flexibility index (Phi) is 2.74. The lowest BCUT2D eigenvalue weighted by Gasteiger charge is -2.13. The first-order chi connectivity index (χ1) is 7.56. The van der Waals surface area contributed by atoms with Crippen LogP contribution in [0.1, 0.15) is 31.0 Å². The zero-order valence-corrected chi connectivity index (χ0v) is 9.11. The lowest BCUT2D eigenvalue weighted by molar-refractivity contribution is -0.125. The summed E-state index contributed by atoms with van der Waals surface area (Å²) in [5.41, 5.74) is 0. The molecule has 0 aliphatic carbocycles. The third kappa shape index (κ3) is 2.11. The van der Waals surface area contributed by atoms with Crippen molar-refractivity contribution in [2.45, 2.75) is 32.4 Å². The van der Waals surface area contributed by atoms with Crippen molar-refractivity contribution in [1.82, 2.24) is 15.6 Å². The first-order valence-corrected chi connectivity index (χ1v) is 5.08. The van der Waals surface area contributed by atoms with Gasteiger partial charge in [-0.3, -0.25) is 20.2 Å². The maximum absolute atomic E-state index is 11.3. The number of nitrogens with zero attached hydrogens (tertiary/aromatic N) is 1. The molecule has 1 aromatic rings. The van der Waals surface area contributed by atoms with E-state index in [2.05, 4.69) is 15.6 Å². The average Bonchev–Trinajstić information content (AvgIpc) is 2.74. The number of carbonyl (C=O) groups is 2. The molecule has 2 amide bonds. The van der Waals surface area contributed by atoms with Gasteiger partial charge >= 0.3 is 0 Å². The summed E-state index contributed by atoms with van der Waals surface area (Å²) in [4.78, 5) is 26.3. The Bertz CT molecular complexity index is 427. The second kappa shape index (κ2) is 4.05. The van der Waals surface area contributed by atoms with E-state index in [-0.39, 0.29) is 24.3 Å². The Morgan fingerprint density at radius 3 is 2.88 bits per heavy atom. The van der Waals surface area contributed by atoms with Crippen LogP contribution in [-0.4, -0.2) is 22.8 Å². The van der Waals surface area contributed by atoms with Gasteiger partial charge in [0.25, 0.3) is 0 Å². The molecule has 1 saturated heterocycles. The molecular weight excluding hydrogens is 210 g/mol. The molecular formula is C10H13N3O3. The van der Waals surface area contributed by atoms with Gasteiger partial charge in [0.2, 0.25) is 17.7 Å². The smallest absolute Gasteiger partial charge is 0.244 e. The van der Waals surface area contributed by atoms with Crippen LogP contribution in [0.3, 0.4) is 0 Å². The van der Waals surface area contributed by atoms with Gasteiger partial charge in [-0.2, -0.15) is 0 Å². The van der Waals surface area contributed by atoms with Gasteiger partial charge in [0, 0.05) is 0 Å². The largest absolute Gasteiger partial charge is 0.444 e. The van der Waals surface area contributed by atoms with Crippen LogP contribution >= 0.6 is 0 Å². The van der Waals surface area contributed by atoms with Crippen molar-refractivity contribution in [2.24, 2.45) is 0 Å². The van der Waals surface area contributed by atoms with E-state index in [0.717, 1.165) is 5.76 Å². The van der Waals surface area contributed by atoms with Crippen LogP contribution in [0.15, 0.2) is 10.6 Å². The highest BCUT2D eigenvalue weighted by atomic mass is 16.4. The normalized spacial score (nSPS) is 22.2. The van der Waals surface area contributed by atoms with Crippen LogP contribution in [0.2, 0.25) is 0 Å². The summed E-state index contributed by atoms with van der Waals surface area (Å²) in [5.74, 6) is 0.693. The molecule has 6 nitrogen and oxygen atoms in total. The molecule has 2 atom stereocenters. The number of rotatable bonds is 3. The van der Waals surface area contributed by atoms with E-state index in [1.165, 1.54) is 0 Å². The van der Waals surface area contributed by atoms with E-state index in [1.807, 2.05) is 6.92 Å². The molecule has 86 valence electrons. The second-order valence-electron chi connectivity index (χ2n) is 3.87. The Morgan fingerprint density at radius 2 is 2.38 bits per heavy atom. The Balaban J connectivity index is 2.00. The number of oxazole rings is 1. The fourth-order valence-electron chi connectivity index (χ4n) is 1.63. The number of imide groups is 1. The minimum atomic E-state index is -0.491. The molecule has 1 aromatic heterocycles. The summed E-state index contributed by atoms with van der Waals surface area (Å²) < 4.78 is 5.33. The molecule has 0 radical (unpaired) electrons. The molecule has 2 N–H and O–H groups in total. The van der Waals surface area contributed by atoms with Gasteiger partial charge in [-0.25, -0.2) is 4.98 Å². The van der Waals surface area contributed by atoms with E-state index >= 15 is 0 Å². The summed E-state index contributed by atoms with van der Waals surface area (Å²) in [5, 5.41) is 5.24. The molecule has 16 heavy (non-hydrogen) atoms. The van der Waals surface area contributed by atoms with Gasteiger partial charge in [-0.05, 0) is 13.8 Å². The van der Waals surface area contributed by atoms with Gasteiger partial charge in [-0.15, -0.1) is 0 Å². The number of nitrogens with one attached hydrogen (secondary N) is 2. The molecule has 2 unspecified atom stereocenters. The molecule has 0 saturated carbocycles. The molecule has 0 aromatic carbocycles. The van der Waals surface area contributed by atoms with Crippen molar-refractivity contribution < 1.29 is 14.0 Å². The van der Waals surface area contributed by atoms with Crippen LogP contribution in [0.4, 0.5) is 0 Å². The molecule has 2 heterocycles. The van der Waals surface area contributed by atoms with Gasteiger partial charge < -0.3 is 4.42 Å². The van der Waals surface area contributed by atoms with Crippen molar-refractivity contribution >= 4 is 11.8 Å². The lowest BCUT2D eigenvalue weighted by Crippen LogP contribution is -2.37. The molecule has 1 fully saturated rings. The molecule has 6 heteroatoms. The quantitative estimate of drug-likeness (QED) is 0.707. The standard InChI is InChI=1S/C10H13N3O3/c1-5-4-11-10(16-5)6(2)12-7-3-8(14)13-9(7)15/h4,6-7,12H,3H2,1-2H3,(H,13,14,15).